The molecule has 120 valence electrons. The summed E-state index contributed by atoms with van der Waals surface area (Å²) in [6.45, 7) is 12.7. The third kappa shape index (κ3) is 7.00. The molecular weight excluding hydrogens is 294 g/mol. The molecule has 0 unspecified atom stereocenters. The van der Waals surface area contributed by atoms with Gasteiger partial charge in [0.25, 0.3) is 0 Å². The van der Waals surface area contributed by atoms with Gasteiger partial charge in [0.2, 0.25) is 0 Å². The van der Waals surface area contributed by atoms with E-state index in [1.165, 1.54) is 6.21 Å². The topological polar surface area (TPSA) is 100 Å². The van der Waals surface area contributed by atoms with Crippen molar-refractivity contribution >= 4 is 17.9 Å². The van der Waals surface area contributed by atoms with Crippen LogP contribution in [0.5, 0.6) is 0 Å². The molecule has 0 aromatic carbocycles. The van der Waals surface area contributed by atoms with Gasteiger partial charge in [-0.2, -0.15) is 5.26 Å². The number of alkyl carbamates (subject to hydrolysis) is 1. The lowest BCUT2D eigenvalue weighted by atomic mass is 10.2. The molecule has 0 aliphatic carbocycles. The van der Waals surface area contributed by atoms with Crippen molar-refractivity contribution in [1.29, 1.82) is 5.26 Å². The minimum Gasteiger partial charge on any atom is -0.444 e. The van der Waals surface area contributed by atoms with Crippen molar-refractivity contribution in [3.63, 3.8) is 0 Å². The Labute approximate surface area is 135 Å². The molecule has 1 aromatic rings. The summed E-state index contributed by atoms with van der Waals surface area (Å²) in [4.78, 5) is 23.6. The van der Waals surface area contributed by atoms with Crippen molar-refractivity contribution in [3.8, 4) is 6.07 Å². The molecule has 7 nitrogen and oxygen atoms in total. The van der Waals surface area contributed by atoms with Crippen LogP contribution in [0.2, 0.25) is 0 Å². The van der Waals surface area contributed by atoms with Gasteiger partial charge in [0, 0.05) is 24.2 Å². The highest BCUT2D eigenvalue weighted by Crippen LogP contribution is 2.09. The van der Waals surface area contributed by atoms with Crippen LogP contribution in [0.1, 0.15) is 32.2 Å². The van der Waals surface area contributed by atoms with Crippen LogP contribution in [0.4, 0.5) is 4.79 Å². The molecule has 7 heteroatoms. The molecular formula is C16H19N5O2. The normalized spacial score (nSPS) is 10.9. The van der Waals surface area contributed by atoms with Gasteiger partial charge >= 0.3 is 6.09 Å². The second-order valence-corrected chi connectivity index (χ2v) is 5.59. The third-order valence-corrected chi connectivity index (χ3v) is 2.37. The number of carbonyl (C=O) groups is 1. The molecule has 0 radical (unpaired) electrons. The largest absolute Gasteiger partial charge is 0.444 e. The fourth-order valence-electron chi connectivity index (χ4n) is 1.34. The molecule has 0 spiro atoms. The van der Waals surface area contributed by atoms with E-state index in [4.69, 9.17) is 10.00 Å². The quantitative estimate of drug-likeness (QED) is 0.665. The van der Waals surface area contributed by atoms with Crippen molar-refractivity contribution in [2.75, 3.05) is 0 Å². The molecule has 1 N–H and O–H groups in total. The number of allylic oxidation sites excluding steroid dienone is 2. The van der Waals surface area contributed by atoms with Gasteiger partial charge in [-0.15, -0.1) is 0 Å². The average Bonchev–Trinajstić information content (AvgIpc) is 2.49. The van der Waals surface area contributed by atoms with Crippen LogP contribution >= 0.6 is 0 Å². The molecule has 1 amide bonds. The third-order valence-electron chi connectivity index (χ3n) is 2.37. The summed E-state index contributed by atoms with van der Waals surface area (Å²) < 4.78 is 5.11. The van der Waals surface area contributed by atoms with Crippen LogP contribution in [0.15, 0.2) is 36.2 Å². The van der Waals surface area contributed by atoms with Gasteiger partial charge in [-0.3, -0.25) is 0 Å². The highest BCUT2D eigenvalue weighted by molar-refractivity contribution is 6.08. The lowest BCUT2D eigenvalue weighted by Crippen LogP contribution is -2.32. The number of nitriles is 1. The number of aliphatic imine (C=N–C) groups is 1. The maximum absolute atomic E-state index is 11.5. The minimum atomic E-state index is -0.556. The highest BCUT2D eigenvalue weighted by atomic mass is 16.6. The predicted octanol–water partition coefficient (Wildman–Crippen LogP) is 2.62. The van der Waals surface area contributed by atoms with Crippen LogP contribution in [-0.4, -0.2) is 27.9 Å². The van der Waals surface area contributed by atoms with E-state index >= 15 is 0 Å². The standard InChI is InChI=1S/C16H19N5O2/c1-11(7-18-12(2)6-17)13-8-19-14(20-9-13)10-21-15(22)23-16(3,4)5/h7-9H,1-2,10H2,3-5H3,(H,21,22)/b18-7+. The lowest BCUT2D eigenvalue weighted by Gasteiger charge is -2.19. The number of amides is 1. The first kappa shape index (κ1) is 18.0. The van der Waals surface area contributed by atoms with Crippen molar-refractivity contribution in [1.82, 2.24) is 15.3 Å². The lowest BCUT2D eigenvalue weighted by molar-refractivity contribution is 0.0522. The summed E-state index contributed by atoms with van der Waals surface area (Å²) in [6, 6.07) is 1.81. The van der Waals surface area contributed by atoms with Crippen molar-refractivity contribution in [2.45, 2.75) is 32.9 Å². The summed E-state index contributed by atoms with van der Waals surface area (Å²) in [5.41, 5.74) is 0.734. The summed E-state index contributed by atoms with van der Waals surface area (Å²) in [6.07, 6.45) is 4.00. The maximum Gasteiger partial charge on any atom is 0.408 e. The molecule has 0 fully saturated rings. The number of hydrogen-bond acceptors (Lipinski definition) is 6. The summed E-state index contributed by atoms with van der Waals surface area (Å²) in [7, 11) is 0. The number of nitrogens with zero attached hydrogens (tertiary/aromatic N) is 4. The Balaban J connectivity index is 2.59. The Bertz CT molecular complexity index is 663. The summed E-state index contributed by atoms with van der Waals surface area (Å²) >= 11 is 0. The van der Waals surface area contributed by atoms with E-state index < -0.39 is 11.7 Å². The monoisotopic (exact) mass is 313 g/mol. The Hall–Kier alpha value is -3.01. The Kier molecular flexibility index (Phi) is 6.15. The molecule has 1 aromatic heterocycles. The van der Waals surface area contributed by atoms with E-state index in [2.05, 4.69) is 33.4 Å². The first-order valence-corrected chi connectivity index (χ1v) is 6.81. The Morgan fingerprint density at radius 2 is 2.04 bits per heavy atom. The molecule has 0 saturated carbocycles. The second-order valence-electron chi connectivity index (χ2n) is 5.59. The molecule has 23 heavy (non-hydrogen) atoms. The van der Waals surface area contributed by atoms with Gasteiger partial charge in [-0.25, -0.2) is 19.8 Å². The number of aromatic nitrogens is 2. The van der Waals surface area contributed by atoms with E-state index in [-0.39, 0.29) is 12.2 Å². The van der Waals surface area contributed by atoms with Gasteiger partial charge in [-0.05, 0) is 26.3 Å². The van der Waals surface area contributed by atoms with E-state index in [9.17, 15) is 4.79 Å². The SMILES string of the molecule is C=C(C#N)/N=C/C(=C)c1cnc(CNC(=O)OC(C)(C)C)nc1. The fourth-order valence-corrected chi connectivity index (χ4v) is 1.34. The van der Waals surface area contributed by atoms with Crippen LogP contribution in [-0.2, 0) is 11.3 Å². The van der Waals surface area contributed by atoms with Gasteiger partial charge in [0.15, 0.2) is 0 Å². The van der Waals surface area contributed by atoms with Crippen LogP contribution < -0.4 is 5.32 Å². The number of ether oxygens (including phenoxy) is 1. The zero-order chi connectivity index (χ0) is 17.5. The molecule has 0 saturated heterocycles. The van der Waals surface area contributed by atoms with Gasteiger partial charge < -0.3 is 10.1 Å². The maximum atomic E-state index is 11.5. The smallest absolute Gasteiger partial charge is 0.408 e. The van der Waals surface area contributed by atoms with Crippen molar-refractivity contribution < 1.29 is 9.53 Å². The van der Waals surface area contributed by atoms with Crippen LogP contribution in [0.25, 0.3) is 5.57 Å². The van der Waals surface area contributed by atoms with Crippen LogP contribution in [0.3, 0.4) is 0 Å². The van der Waals surface area contributed by atoms with Gasteiger partial charge in [0.05, 0.1) is 6.54 Å². The molecule has 0 atom stereocenters. The second kappa shape index (κ2) is 7.84. The molecule has 0 aliphatic rings. The minimum absolute atomic E-state index is 0.0882. The van der Waals surface area contributed by atoms with Crippen molar-refractivity contribution in [2.24, 2.45) is 4.99 Å². The number of hydrogen-bond donors (Lipinski definition) is 1. The van der Waals surface area contributed by atoms with Gasteiger partial charge in [-0.1, -0.05) is 13.2 Å². The number of carbonyl (C=O) groups excluding carboxylic acids is 1. The molecule has 0 aliphatic heterocycles. The first-order valence-electron chi connectivity index (χ1n) is 6.81. The van der Waals surface area contributed by atoms with Crippen LogP contribution in [0, 0.1) is 11.3 Å². The van der Waals surface area contributed by atoms with Crippen molar-refractivity contribution in [3.05, 3.63) is 42.6 Å². The molecule has 1 rings (SSSR count). The Morgan fingerprint density at radius 1 is 1.43 bits per heavy atom. The number of rotatable bonds is 5. The molecule has 0 bridgehead atoms. The van der Waals surface area contributed by atoms with E-state index in [1.807, 2.05) is 6.07 Å². The summed E-state index contributed by atoms with van der Waals surface area (Å²) in [5, 5.41) is 11.1. The zero-order valence-corrected chi connectivity index (χ0v) is 13.5. The van der Waals surface area contributed by atoms with E-state index in [1.54, 1.807) is 33.2 Å². The van der Waals surface area contributed by atoms with Gasteiger partial charge in [0.1, 0.15) is 23.2 Å². The number of nitrogens with one attached hydrogen (secondary N) is 1. The highest BCUT2D eigenvalue weighted by Gasteiger charge is 2.15. The Morgan fingerprint density at radius 3 is 2.57 bits per heavy atom. The molecule has 1 heterocycles. The first-order chi connectivity index (χ1) is 10.7. The van der Waals surface area contributed by atoms with E-state index in [0.29, 0.717) is 17.0 Å². The predicted molar refractivity (Wildman–Crippen MR) is 87.4 cm³/mol. The van der Waals surface area contributed by atoms with E-state index in [0.717, 1.165) is 0 Å². The fraction of sp³-hybridized carbons (Fsp3) is 0.312. The zero-order valence-electron chi connectivity index (χ0n) is 13.5. The average molecular weight is 313 g/mol. The summed E-state index contributed by atoms with van der Waals surface area (Å²) in [5.74, 6) is 0.436.